The number of halogens is 1. The summed E-state index contributed by atoms with van der Waals surface area (Å²) < 4.78 is 11.7. The number of hydrogen-bond acceptors (Lipinski definition) is 3. The Balaban J connectivity index is 2.25. The molecule has 0 fully saturated rings. The Hall–Kier alpha value is -0.930. The molecule has 2 heterocycles. The molecular formula is C15H19ClO3. The van der Waals surface area contributed by atoms with Crippen LogP contribution in [-0.2, 0) is 12.8 Å². The molecule has 0 saturated heterocycles. The summed E-state index contributed by atoms with van der Waals surface area (Å²) in [6.07, 6.45) is 3.85. The van der Waals surface area contributed by atoms with Crippen LogP contribution in [-0.4, -0.2) is 24.9 Å². The first-order valence-electron chi connectivity index (χ1n) is 6.97. The minimum absolute atomic E-state index is 0.0552. The zero-order valence-electron chi connectivity index (χ0n) is 11.2. The third-order valence-corrected chi connectivity index (χ3v) is 4.38. The van der Waals surface area contributed by atoms with Gasteiger partial charge in [0.05, 0.1) is 18.2 Å². The summed E-state index contributed by atoms with van der Waals surface area (Å²) in [5.41, 5.74) is 3.30. The van der Waals surface area contributed by atoms with Crippen LogP contribution in [0.25, 0.3) is 0 Å². The molecule has 3 nitrogen and oxygen atoms in total. The molecule has 0 radical (unpaired) electrons. The predicted octanol–water partition coefficient (Wildman–Crippen LogP) is 3.09. The predicted molar refractivity (Wildman–Crippen MR) is 74.6 cm³/mol. The second-order valence-corrected chi connectivity index (χ2v) is 5.71. The van der Waals surface area contributed by atoms with Gasteiger partial charge in [0, 0.05) is 29.2 Å². The molecule has 0 saturated carbocycles. The van der Waals surface area contributed by atoms with Crippen LogP contribution in [0.2, 0.25) is 5.02 Å². The average Bonchev–Trinajstić information content (AvgIpc) is 2.47. The quantitative estimate of drug-likeness (QED) is 0.906. The van der Waals surface area contributed by atoms with Gasteiger partial charge in [-0.15, -0.1) is 0 Å². The van der Waals surface area contributed by atoms with Crippen molar-refractivity contribution in [1.29, 1.82) is 0 Å². The first-order valence-corrected chi connectivity index (χ1v) is 7.35. The summed E-state index contributed by atoms with van der Waals surface area (Å²) in [5, 5.41) is 10.3. The molecule has 4 heteroatoms. The fraction of sp³-hybridized carbons (Fsp3) is 0.600. The van der Waals surface area contributed by atoms with Crippen LogP contribution >= 0.6 is 11.6 Å². The normalized spacial score (nSPS) is 18.9. The number of aliphatic hydroxyl groups excluding tert-OH is 1. The van der Waals surface area contributed by atoms with E-state index >= 15 is 0 Å². The smallest absolute Gasteiger partial charge is 0.141 e. The average molecular weight is 283 g/mol. The van der Waals surface area contributed by atoms with Gasteiger partial charge in [0.15, 0.2) is 0 Å². The van der Waals surface area contributed by atoms with Crippen LogP contribution in [0.4, 0.5) is 0 Å². The molecule has 0 aliphatic carbocycles. The molecule has 1 unspecified atom stereocenters. The fourth-order valence-electron chi connectivity index (χ4n) is 3.04. The number of hydrogen-bond donors (Lipinski definition) is 1. The fourth-order valence-corrected chi connectivity index (χ4v) is 3.39. The van der Waals surface area contributed by atoms with E-state index < -0.39 is 0 Å². The monoisotopic (exact) mass is 282 g/mol. The lowest BCUT2D eigenvalue weighted by Crippen LogP contribution is -2.19. The van der Waals surface area contributed by atoms with E-state index in [9.17, 15) is 5.11 Å². The highest BCUT2D eigenvalue weighted by molar-refractivity contribution is 6.33. The highest BCUT2D eigenvalue weighted by Gasteiger charge is 2.30. The lowest BCUT2D eigenvalue weighted by atomic mass is 9.87. The zero-order chi connectivity index (χ0) is 13.4. The van der Waals surface area contributed by atoms with Gasteiger partial charge >= 0.3 is 0 Å². The largest absolute Gasteiger partial charge is 0.493 e. The summed E-state index contributed by atoms with van der Waals surface area (Å²) in [5.74, 6) is 1.79. The molecule has 0 spiro atoms. The van der Waals surface area contributed by atoms with E-state index in [-0.39, 0.29) is 12.5 Å². The summed E-state index contributed by atoms with van der Waals surface area (Å²) in [6, 6.07) is 0. The number of benzene rings is 1. The molecule has 0 amide bonds. The molecule has 0 bridgehead atoms. The second-order valence-electron chi connectivity index (χ2n) is 5.33. The van der Waals surface area contributed by atoms with Crippen molar-refractivity contribution in [3.8, 4) is 11.5 Å². The van der Waals surface area contributed by atoms with Gasteiger partial charge in [-0.05, 0) is 25.7 Å². The highest BCUT2D eigenvalue weighted by atomic mass is 35.5. The molecule has 2 aliphatic heterocycles. The molecule has 19 heavy (non-hydrogen) atoms. The third-order valence-electron chi connectivity index (χ3n) is 3.98. The summed E-state index contributed by atoms with van der Waals surface area (Å²) in [6.45, 7) is 3.59. The van der Waals surface area contributed by atoms with Crippen molar-refractivity contribution in [3.63, 3.8) is 0 Å². The van der Waals surface area contributed by atoms with Gasteiger partial charge in [-0.25, -0.2) is 0 Å². The van der Waals surface area contributed by atoms with E-state index in [2.05, 4.69) is 0 Å². The van der Waals surface area contributed by atoms with Crippen LogP contribution in [0.15, 0.2) is 0 Å². The van der Waals surface area contributed by atoms with Gasteiger partial charge in [-0.3, -0.25) is 0 Å². The number of fused-ring (bicyclic) bond motifs is 2. The summed E-state index contributed by atoms with van der Waals surface area (Å²) >= 11 is 6.50. The Morgan fingerprint density at radius 3 is 2.42 bits per heavy atom. The maximum atomic E-state index is 9.53. The Kier molecular flexibility index (Phi) is 3.59. The number of rotatable bonds is 2. The molecule has 0 aromatic heterocycles. The molecule has 3 rings (SSSR count). The lowest BCUT2D eigenvalue weighted by Gasteiger charge is -2.30. The topological polar surface area (TPSA) is 38.7 Å². The Bertz CT molecular complexity index is 462. The molecule has 1 aromatic carbocycles. The van der Waals surface area contributed by atoms with Crippen molar-refractivity contribution >= 4 is 11.6 Å². The zero-order valence-corrected chi connectivity index (χ0v) is 11.9. The summed E-state index contributed by atoms with van der Waals surface area (Å²) in [4.78, 5) is 0. The van der Waals surface area contributed by atoms with Gasteiger partial charge in [-0.1, -0.05) is 18.5 Å². The summed E-state index contributed by atoms with van der Waals surface area (Å²) in [7, 11) is 0. The van der Waals surface area contributed by atoms with Gasteiger partial charge in [0.1, 0.15) is 11.5 Å². The van der Waals surface area contributed by atoms with E-state index in [4.69, 9.17) is 21.1 Å². The van der Waals surface area contributed by atoms with Crippen LogP contribution in [0, 0.1) is 0 Å². The van der Waals surface area contributed by atoms with Crippen molar-refractivity contribution in [3.05, 3.63) is 21.7 Å². The lowest BCUT2D eigenvalue weighted by molar-refractivity contribution is 0.248. The molecule has 104 valence electrons. The second kappa shape index (κ2) is 5.22. The van der Waals surface area contributed by atoms with Crippen LogP contribution in [0.5, 0.6) is 11.5 Å². The van der Waals surface area contributed by atoms with E-state index in [0.717, 1.165) is 72.1 Å². The van der Waals surface area contributed by atoms with Crippen molar-refractivity contribution in [1.82, 2.24) is 0 Å². The number of aliphatic hydroxyl groups is 1. The van der Waals surface area contributed by atoms with Gasteiger partial charge < -0.3 is 14.6 Å². The van der Waals surface area contributed by atoms with Crippen LogP contribution in [0.1, 0.15) is 42.4 Å². The van der Waals surface area contributed by atoms with Crippen molar-refractivity contribution in [2.75, 3.05) is 19.8 Å². The van der Waals surface area contributed by atoms with E-state index in [1.54, 1.807) is 0 Å². The maximum absolute atomic E-state index is 9.53. The van der Waals surface area contributed by atoms with Crippen LogP contribution < -0.4 is 9.47 Å². The first-order chi connectivity index (χ1) is 9.24. The van der Waals surface area contributed by atoms with Crippen LogP contribution in [0.3, 0.4) is 0 Å². The number of ether oxygens (including phenoxy) is 2. The van der Waals surface area contributed by atoms with E-state index in [1.807, 2.05) is 6.92 Å². The Labute approximate surface area is 118 Å². The maximum Gasteiger partial charge on any atom is 0.141 e. The molecule has 1 N–H and O–H groups in total. The van der Waals surface area contributed by atoms with Crippen molar-refractivity contribution < 1.29 is 14.6 Å². The van der Waals surface area contributed by atoms with Gasteiger partial charge in [-0.2, -0.15) is 0 Å². The highest BCUT2D eigenvalue weighted by Crippen LogP contribution is 2.48. The Morgan fingerprint density at radius 2 is 1.74 bits per heavy atom. The SMILES string of the molecule is CC(CO)c1c2c(c(Cl)c3c1OCCC3)OCCC2. The third kappa shape index (κ3) is 2.09. The van der Waals surface area contributed by atoms with E-state index in [0.29, 0.717) is 0 Å². The Morgan fingerprint density at radius 1 is 1.11 bits per heavy atom. The molecular weight excluding hydrogens is 264 g/mol. The molecule has 2 aliphatic rings. The molecule has 1 aromatic rings. The van der Waals surface area contributed by atoms with Gasteiger partial charge in [0.25, 0.3) is 0 Å². The van der Waals surface area contributed by atoms with Crippen molar-refractivity contribution in [2.45, 2.75) is 38.5 Å². The minimum Gasteiger partial charge on any atom is -0.493 e. The van der Waals surface area contributed by atoms with Crippen molar-refractivity contribution in [2.24, 2.45) is 0 Å². The van der Waals surface area contributed by atoms with Gasteiger partial charge in [0.2, 0.25) is 0 Å². The molecule has 1 atom stereocenters. The standard InChI is InChI=1S/C15H19ClO3/c1-9(8-17)12-10-4-2-7-19-15(10)13(16)11-5-3-6-18-14(11)12/h9,17H,2-8H2,1H3. The van der Waals surface area contributed by atoms with E-state index in [1.165, 1.54) is 0 Å². The first kappa shape index (κ1) is 13.1. The minimum atomic E-state index is 0.0552.